The number of nitrogens with one attached hydrogen (secondary N) is 1. The zero-order valence-electron chi connectivity index (χ0n) is 12.8. The van der Waals surface area contributed by atoms with Crippen molar-refractivity contribution < 1.29 is 4.79 Å². The van der Waals surface area contributed by atoms with Crippen molar-refractivity contribution in [1.29, 1.82) is 0 Å². The Labute approximate surface area is 136 Å². The number of thiophene rings is 1. The Morgan fingerprint density at radius 3 is 2.65 bits per heavy atom. The van der Waals surface area contributed by atoms with E-state index in [-0.39, 0.29) is 18.0 Å². The Morgan fingerprint density at radius 1 is 1.26 bits per heavy atom. The summed E-state index contributed by atoms with van der Waals surface area (Å²) in [5, 5.41) is 1.88. The molecule has 1 saturated heterocycles. The van der Waals surface area contributed by atoms with E-state index in [0.717, 1.165) is 22.5 Å². The molecule has 1 N–H and O–H groups in total. The summed E-state index contributed by atoms with van der Waals surface area (Å²) in [5.74, 6) is -0.320. The molecule has 0 radical (unpaired) electrons. The minimum Gasteiger partial charge on any atom is -0.336 e. The average molecular weight is 334 g/mol. The monoisotopic (exact) mass is 334 g/mol. The predicted molar refractivity (Wildman–Crippen MR) is 88.1 cm³/mol. The van der Waals surface area contributed by atoms with Gasteiger partial charge in [-0.05, 0) is 18.5 Å². The van der Waals surface area contributed by atoms with E-state index in [9.17, 15) is 14.4 Å². The molecule has 1 amide bonds. The Hall–Kier alpha value is -2.19. The number of amides is 1. The number of likely N-dealkylation sites (N-methyl/N-ethyl adjacent to an activating group) is 1. The second kappa shape index (κ2) is 6.51. The SMILES string of the molecule is CN1CCN(C(=O)c2c[nH]c(=O)n(Cc3cccs3)c2=O)CC1. The highest BCUT2D eigenvalue weighted by molar-refractivity contribution is 7.09. The molecule has 0 saturated carbocycles. The zero-order valence-corrected chi connectivity index (χ0v) is 13.6. The van der Waals surface area contributed by atoms with Gasteiger partial charge in [0.2, 0.25) is 0 Å². The van der Waals surface area contributed by atoms with Gasteiger partial charge in [-0.15, -0.1) is 11.3 Å². The third kappa shape index (κ3) is 3.27. The quantitative estimate of drug-likeness (QED) is 0.859. The minimum absolute atomic E-state index is 0.0192. The third-order valence-corrected chi connectivity index (χ3v) is 4.84. The summed E-state index contributed by atoms with van der Waals surface area (Å²) in [5.41, 5.74) is -1.02. The molecule has 8 heteroatoms. The number of carbonyl (C=O) groups is 1. The van der Waals surface area contributed by atoms with Crippen molar-refractivity contribution in [2.24, 2.45) is 0 Å². The number of nitrogens with zero attached hydrogens (tertiary/aromatic N) is 3. The van der Waals surface area contributed by atoms with Gasteiger partial charge in [0.25, 0.3) is 11.5 Å². The van der Waals surface area contributed by atoms with Gasteiger partial charge in [0.15, 0.2) is 0 Å². The highest BCUT2D eigenvalue weighted by atomic mass is 32.1. The molecular weight excluding hydrogens is 316 g/mol. The van der Waals surface area contributed by atoms with Gasteiger partial charge in [0.1, 0.15) is 5.56 Å². The lowest BCUT2D eigenvalue weighted by molar-refractivity contribution is 0.0661. The summed E-state index contributed by atoms with van der Waals surface area (Å²) >= 11 is 1.46. The Kier molecular flexibility index (Phi) is 4.44. The van der Waals surface area contributed by atoms with Crippen LogP contribution in [0.2, 0.25) is 0 Å². The molecule has 0 unspecified atom stereocenters. The summed E-state index contributed by atoms with van der Waals surface area (Å²) < 4.78 is 1.08. The number of H-pyrrole nitrogens is 1. The van der Waals surface area contributed by atoms with Gasteiger partial charge in [-0.2, -0.15) is 0 Å². The molecule has 3 heterocycles. The fraction of sp³-hybridized carbons (Fsp3) is 0.400. The van der Waals surface area contributed by atoms with Gasteiger partial charge in [-0.1, -0.05) is 6.07 Å². The first-order valence-corrected chi connectivity index (χ1v) is 8.27. The number of hydrogen-bond acceptors (Lipinski definition) is 5. The molecule has 1 aliphatic rings. The fourth-order valence-electron chi connectivity index (χ4n) is 2.55. The van der Waals surface area contributed by atoms with Crippen molar-refractivity contribution in [2.75, 3.05) is 33.2 Å². The van der Waals surface area contributed by atoms with Gasteiger partial charge in [0.05, 0.1) is 6.54 Å². The van der Waals surface area contributed by atoms with Crippen LogP contribution < -0.4 is 11.2 Å². The smallest absolute Gasteiger partial charge is 0.328 e. The van der Waals surface area contributed by atoms with Crippen LogP contribution in [0.25, 0.3) is 0 Å². The lowest BCUT2D eigenvalue weighted by atomic mass is 10.2. The largest absolute Gasteiger partial charge is 0.336 e. The number of rotatable bonds is 3. The lowest BCUT2D eigenvalue weighted by Crippen LogP contribution is -2.49. The van der Waals surface area contributed by atoms with Crippen molar-refractivity contribution in [1.82, 2.24) is 19.4 Å². The van der Waals surface area contributed by atoms with Crippen LogP contribution in [0.15, 0.2) is 33.3 Å². The lowest BCUT2D eigenvalue weighted by Gasteiger charge is -2.32. The minimum atomic E-state index is -0.536. The van der Waals surface area contributed by atoms with Gasteiger partial charge >= 0.3 is 5.69 Å². The van der Waals surface area contributed by atoms with E-state index < -0.39 is 11.2 Å². The maximum absolute atomic E-state index is 12.6. The maximum atomic E-state index is 12.6. The highest BCUT2D eigenvalue weighted by Crippen LogP contribution is 2.09. The normalized spacial score (nSPS) is 15.8. The van der Waals surface area contributed by atoms with Gasteiger partial charge < -0.3 is 14.8 Å². The van der Waals surface area contributed by atoms with Gasteiger partial charge in [0, 0.05) is 37.3 Å². The molecule has 1 aliphatic heterocycles. The molecule has 7 nitrogen and oxygen atoms in total. The van der Waals surface area contributed by atoms with Crippen LogP contribution in [0.4, 0.5) is 0 Å². The Balaban J connectivity index is 1.90. The van der Waals surface area contributed by atoms with Crippen LogP contribution in [0.5, 0.6) is 0 Å². The van der Waals surface area contributed by atoms with Crippen LogP contribution in [0, 0.1) is 0 Å². The Morgan fingerprint density at radius 2 is 2.00 bits per heavy atom. The molecule has 122 valence electrons. The summed E-state index contributed by atoms with van der Waals surface area (Å²) in [6, 6.07) is 3.71. The third-order valence-electron chi connectivity index (χ3n) is 3.98. The van der Waals surface area contributed by atoms with Crippen molar-refractivity contribution in [3.63, 3.8) is 0 Å². The first-order valence-electron chi connectivity index (χ1n) is 7.39. The summed E-state index contributed by atoms with van der Waals surface area (Å²) in [7, 11) is 2.00. The van der Waals surface area contributed by atoms with Gasteiger partial charge in [-0.3, -0.25) is 14.2 Å². The zero-order chi connectivity index (χ0) is 16.4. The molecule has 2 aromatic heterocycles. The first-order chi connectivity index (χ1) is 11.1. The number of aromatic amines is 1. The molecule has 2 aromatic rings. The summed E-state index contributed by atoms with van der Waals surface area (Å²) in [6.45, 7) is 2.89. The van der Waals surface area contributed by atoms with Crippen molar-refractivity contribution in [3.05, 3.63) is 55.0 Å². The first kappa shape index (κ1) is 15.7. The highest BCUT2D eigenvalue weighted by Gasteiger charge is 2.23. The van der Waals surface area contributed by atoms with E-state index in [4.69, 9.17) is 0 Å². The molecule has 0 bridgehead atoms. The molecule has 0 aliphatic carbocycles. The van der Waals surface area contributed by atoms with Crippen LogP contribution in [0.3, 0.4) is 0 Å². The van der Waals surface area contributed by atoms with E-state index in [1.54, 1.807) is 4.90 Å². The van der Waals surface area contributed by atoms with Crippen molar-refractivity contribution in [2.45, 2.75) is 6.54 Å². The maximum Gasteiger partial charge on any atom is 0.328 e. The van der Waals surface area contributed by atoms with Crippen LogP contribution in [0.1, 0.15) is 15.2 Å². The number of carbonyl (C=O) groups excluding carboxylic acids is 1. The van der Waals surface area contributed by atoms with Gasteiger partial charge in [-0.25, -0.2) is 4.79 Å². The number of hydrogen-bond donors (Lipinski definition) is 1. The Bertz CT molecular complexity index is 801. The summed E-state index contributed by atoms with van der Waals surface area (Å²) in [4.78, 5) is 44.2. The molecule has 23 heavy (non-hydrogen) atoms. The topological polar surface area (TPSA) is 78.4 Å². The van der Waals surface area contributed by atoms with Crippen molar-refractivity contribution >= 4 is 17.2 Å². The van der Waals surface area contributed by atoms with E-state index in [1.165, 1.54) is 17.5 Å². The molecule has 0 aromatic carbocycles. The molecular formula is C15H18N4O3S. The predicted octanol–water partition coefficient (Wildman–Crippen LogP) is 0.0340. The van der Waals surface area contributed by atoms with Crippen molar-refractivity contribution in [3.8, 4) is 0 Å². The second-order valence-electron chi connectivity index (χ2n) is 5.57. The van der Waals surface area contributed by atoms with Crippen LogP contribution in [-0.4, -0.2) is 58.5 Å². The second-order valence-corrected chi connectivity index (χ2v) is 6.61. The molecule has 0 atom stereocenters. The van der Waals surface area contributed by atoms with E-state index in [0.29, 0.717) is 13.1 Å². The number of aromatic nitrogens is 2. The molecule has 0 spiro atoms. The van der Waals surface area contributed by atoms with Crippen LogP contribution >= 0.6 is 11.3 Å². The average Bonchev–Trinajstić information content (AvgIpc) is 3.05. The molecule has 3 rings (SSSR count). The van der Waals surface area contributed by atoms with E-state index in [2.05, 4.69) is 9.88 Å². The van der Waals surface area contributed by atoms with E-state index >= 15 is 0 Å². The van der Waals surface area contributed by atoms with Crippen LogP contribution in [-0.2, 0) is 6.54 Å². The standard InChI is InChI=1S/C15H18N4O3S/c1-17-4-6-18(7-5-17)13(20)12-9-16-15(22)19(14(12)21)10-11-3-2-8-23-11/h2-3,8-9H,4-7,10H2,1H3,(H,16,22). The van der Waals surface area contributed by atoms with E-state index in [1.807, 2.05) is 24.6 Å². The summed E-state index contributed by atoms with van der Waals surface area (Å²) in [6.07, 6.45) is 1.23. The fourth-order valence-corrected chi connectivity index (χ4v) is 3.24. The number of piperazine rings is 1. The molecule has 1 fully saturated rings.